The van der Waals surface area contributed by atoms with Crippen LogP contribution in [0.1, 0.15) is 6.92 Å². The van der Waals surface area contributed by atoms with Crippen molar-refractivity contribution in [3.05, 3.63) is 6.61 Å². The molecule has 1 aliphatic rings. The molecule has 0 unspecified atom stereocenters. The van der Waals surface area contributed by atoms with Crippen molar-refractivity contribution in [2.45, 2.75) is 31.3 Å². The minimum Gasteiger partial charge on any atom is -0.463 e. The molecule has 14 heavy (non-hydrogen) atoms. The minimum absolute atomic E-state index is 0.156. The first-order valence-electron chi connectivity index (χ1n) is 4.18. The number of aliphatic hydroxyl groups is 3. The molecule has 0 aromatic carbocycles. The minimum atomic E-state index is -1.32. The fourth-order valence-corrected chi connectivity index (χ4v) is 1.10. The fraction of sp³-hybridized carbons (Fsp3) is 0.750. The van der Waals surface area contributed by atoms with Crippen LogP contribution in [0.5, 0.6) is 0 Å². The van der Waals surface area contributed by atoms with Gasteiger partial charge < -0.3 is 24.8 Å². The monoisotopic (exact) mass is 205 g/mol. The van der Waals surface area contributed by atoms with Crippen molar-refractivity contribution >= 4 is 5.97 Å². The van der Waals surface area contributed by atoms with Gasteiger partial charge in [-0.2, -0.15) is 0 Å². The summed E-state index contributed by atoms with van der Waals surface area (Å²) >= 11 is 0. The summed E-state index contributed by atoms with van der Waals surface area (Å²) in [5, 5.41) is 27.6. The zero-order valence-electron chi connectivity index (χ0n) is 7.66. The van der Waals surface area contributed by atoms with Crippen molar-refractivity contribution < 1.29 is 29.6 Å². The number of ether oxygens (including phenoxy) is 2. The Balaban J connectivity index is 2.42. The van der Waals surface area contributed by atoms with E-state index >= 15 is 0 Å². The van der Waals surface area contributed by atoms with Crippen LogP contribution in [0, 0.1) is 6.61 Å². The van der Waals surface area contributed by atoms with Gasteiger partial charge in [0.2, 0.25) is 0 Å². The normalized spacial score (nSPS) is 38.0. The van der Waals surface area contributed by atoms with E-state index in [1.807, 2.05) is 0 Å². The smallest absolute Gasteiger partial charge is 0.302 e. The molecule has 0 amide bonds. The first kappa shape index (κ1) is 11.4. The highest BCUT2D eigenvalue weighted by atomic mass is 16.6. The van der Waals surface area contributed by atoms with Crippen LogP contribution in [0.3, 0.4) is 0 Å². The molecule has 1 heterocycles. The molecule has 1 fully saturated rings. The van der Waals surface area contributed by atoms with E-state index < -0.39 is 30.4 Å². The molecule has 1 aliphatic heterocycles. The maximum Gasteiger partial charge on any atom is 0.302 e. The number of hydrogen-bond donors (Lipinski definition) is 3. The van der Waals surface area contributed by atoms with Gasteiger partial charge in [0.1, 0.15) is 37.6 Å². The molecule has 0 aromatic heterocycles. The second kappa shape index (κ2) is 4.70. The summed E-state index contributed by atoms with van der Waals surface area (Å²) in [6.07, 6.45) is -4.64. The molecule has 6 heteroatoms. The van der Waals surface area contributed by atoms with Crippen LogP contribution in [-0.2, 0) is 14.3 Å². The van der Waals surface area contributed by atoms with Gasteiger partial charge in [-0.25, -0.2) is 0 Å². The largest absolute Gasteiger partial charge is 0.463 e. The Morgan fingerprint density at radius 3 is 2.64 bits per heavy atom. The van der Waals surface area contributed by atoms with Crippen LogP contribution in [0.2, 0.25) is 0 Å². The van der Waals surface area contributed by atoms with Gasteiger partial charge in [0.15, 0.2) is 0 Å². The molecule has 0 aliphatic carbocycles. The van der Waals surface area contributed by atoms with E-state index in [4.69, 9.17) is 9.84 Å². The number of hydrogen-bond acceptors (Lipinski definition) is 6. The van der Waals surface area contributed by atoms with Crippen molar-refractivity contribution in [1.82, 2.24) is 0 Å². The van der Waals surface area contributed by atoms with Crippen LogP contribution < -0.4 is 0 Å². The van der Waals surface area contributed by atoms with Crippen LogP contribution in [-0.4, -0.2) is 52.3 Å². The Hall–Kier alpha value is -0.690. The molecule has 1 saturated heterocycles. The van der Waals surface area contributed by atoms with Gasteiger partial charge in [0.25, 0.3) is 0 Å². The van der Waals surface area contributed by atoms with E-state index in [2.05, 4.69) is 4.74 Å². The Kier molecular flexibility index (Phi) is 3.82. The summed E-state index contributed by atoms with van der Waals surface area (Å²) in [4.78, 5) is 10.5. The SMILES string of the molecule is CC(=O)OC[C@H]1O[CH][C@@H](O)[C@@H](O)[C@@H]1O. The molecule has 0 aromatic rings. The second-order valence-electron chi connectivity index (χ2n) is 3.08. The molecule has 0 bridgehead atoms. The number of aliphatic hydroxyl groups excluding tert-OH is 3. The lowest BCUT2D eigenvalue weighted by Gasteiger charge is -2.34. The fourth-order valence-electron chi connectivity index (χ4n) is 1.10. The maximum atomic E-state index is 10.5. The number of rotatable bonds is 2. The average molecular weight is 205 g/mol. The van der Waals surface area contributed by atoms with E-state index in [1.54, 1.807) is 0 Å². The lowest BCUT2D eigenvalue weighted by molar-refractivity contribution is -0.179. The van der Waals surface area contributed by atoms with Crippen molar-refractivity contribution in [2.75, 3.05) is 6.61 Å². The molecule has 81 valence electrons. The maximum absolute atomic E-state index is 10.5. The molecular formula is C8H13O6. The van der Waals surface area contributed by atoms with E-state index in [0.29, 0.717) is 0 Å². The van der Waals surface area contributed by atoms with E-state index in [0.717, 1.165) is 6.61 Å². The molecule has 3 N–H and O–H groups in total. The highest BCUT2D eigenvalue weighted by molar-refractivity contribution is 5.65. The predicted octanol–water partition coefficient (Wildman–Crippen LogP) is -1.81. The first-order chi connectivity index (χ1) is 6.52. The lowest BCUT2D eigenvalue weighted by atomic mass is 10.0. The quantitative estimate of drug-likeness (QED) is 0.460. The van der Waals surface area contributed by atoms with Crippen molar-refractivity contribution in [3.63, 3.8) is 0 Å². The summed E-state index contributed by atoms with van der Waals surface area (Å²) in [7, 11) is 0. The summed E-state index contributed by atoms with van der Waals surface area (Å²) < 4.78 is 9.46. The van der Waals surface area contributed by atoms with Gasteiger partial charge in [-0.05, 0) is 0 Å². The van der Waals surface area contributed by atoms with E-state index in [-0.39, 0.29) is 6.61 Å². The number of carbonyl (C=O) groups excluding carboxylic acids is 1. The summed E-state index contributed by atoms with van der Waals surface area (Å²) in [6.45, 7) is 2.08. The highest BCUT2D eigenvalue weighted by Gasteiger charge is 2.38. The third kappa shape index (κ3) is 2.65. The number of carbonyl (C=O) groups is 1. The standard InChI is InChI=1S/C8H13O6/c1-4(9)13-3-6-8(12)7(11)5(10)2-14-6/h2,5-8,10-12H,3H2,1H3/t5-,6-,7-,8-/m1/s1. The van der Waals surface area contributed by atoms with Crippen LogP contribution >= 0.6 is 0 Å². The highest BCUT2D eigenvalue weighted by Crippen LogP contribution is 2.18. The molecular weight excluding hydrogens is 192 g/mol. The van der Waals surface area contributed by atoms with Gasteiger partial charge in [-0.1, -0.05) is 0 Å². The van der Waals surface area contributed by atoms with Crippen molar-refractivity contribution in [2.24, 2.45) is 0 Å². The van der Waals surface area contributed by atoms with Crippen LogP contribution in [0.25, 0.3) is 0 Å². The van der Waals surface area contributed by atoms with Crippen molar-refractivity contribution in [1.29, 1.82) is 0 Å². The van der Waals surface area contributed by atoms with Gasteiger partial charge in [0.05, 0.1) is 0 Å². The van der Waals surface area contributed by atoms with Crippen LogP contribution in [0.15, 0.2) is 0 Å². The summed E-state index contributed by atoms with van der Waals surface area (Å²) in [5.74, 6) is -0.499. The zero-order valence-corrected chi connectivity index (χ0v) is 7.66. The lowest BCUT2D eigenvalue weighted by Crippen LogP contribution is -2.52. The third-order valence-electron chi connectivity index (χ3n) is 1.92. The Morgan fingerprint density at radius 2 is 2.07 bits per heavy atom. The second-order valence-corrected chi connectivity index (χ2v) is 3.08. The number of esters is 1. The van der Waals surface area contributed by atoms with Gasteiger partial charge >= 0.3 is 5.97 Å². The van der Waals surface area contributed by atoms with E-state index in [9.17, 15) is 15.0 Å². The molecule has 0 saturated carbocycles. The van der Waals surface area contributed by atoms with Crippen LogP contribution in [0.4, 0.5) is 0 Å². The average Bonchev–Trinajstić information content (AvgIpc) is 2.13. The van der Waals surface area contributed by atoms with Gasteiger partial charge in [-0.15, -0.1) is 0 Å². The third-order valence-corrected chi connectivity index (χ3v) is 1.92. The molecule has 1 radical (unpaired) electrons. The van der Waals surface area contributed by atoms with Crippen molar-refractivity contribution in [3.8, 4) is 0 Å². The van der Waals surface area contributed by atoms with Gasteiger partial charge in [-0.3, -0.25) is 4.79 Å². The summed E-state index contributed by atoms with van der Waals surface area (Å²) in [5.41, 5.74) is 0. The van der Waals surface area contributed by atoms with Gasteiger partial charge in [0, 0.05) is 6.92 Å². The Labute approximate surface area is 81.1 Å². The van der Waals surface area contributed by atoms with E-state index in [1.165, 1.54) is 6.92 Å². The zero-order chi connectivity index (χ0) is 10.7. The summed E-state index contributed by atoms with van der Waals surface area (Å²) in [6, 6.07) is 0. The molecule has 6 nitrogen and oxygen atoms in total. The predicted molar refractivity (Wildman–Crippen MR) is 43.8 cm³/mol. The first-order valence-corrected chi connectivity index (χ1v) is 4.18. The Bertz CT molecular complexity index is 206. The topological polar surface area (TPSA) is 96.2 Å². The molecule has 0 spiro atoms. The molecule has 4 atom stereocenters. The molecule has 1 rings (SSSR count). The Morgan fingerprint density at radius 1 is 1.43 bits per heavy atom.